The highest BCUT2D eigenvalue weighted by atomic mass is 16.6. The third-order valence-electron chi connectivity index (χ3n) is 3.45. The van der Waals surface area contributed by atoms with Crippen LogP contribution in [0.2, 0.25) is 0 Å². The van der Waals surface area contributed by atoms with E-state index in [1.807, 2.05) is 39.0 Å². The Labute approximate surface area is 134 Å². The van der Waals surface area contributed by atoms with E-state index in [0.717, 1.165) is 25.9 Å². The summed E-state index contributed by atoms with van der Waals surface area (Å²) in [4.78, 5) is 11.6. The number of benzene rings is 1. The Morgan fingerprint density at radius 3 is 2.14 bits per heavy atom. The van der Waals surface area contributed by atoms with Gasteiger partial charge in [-0.3, -0.25) is 0 Å². The summed E-state index contributed by atoms with van der Waals surface area (Å²) in [5.41, 5.74) is 0.781. The molecule has 0 saturated carbocycles. The van der Waals surface area contributed by atoms with Crippen LogP contribution in [0.1, 0.15) is 46.1 Å². The second kappa shape index (κ2) is 8.18. The van der Waals surface area contributed by atoms with Gasteiger partial charge in [-0.1, -0.05) is 35.9 Å². The van der Waals surface area contributed by atoms with Crippen molar-refractivity contribution in [2.75, 3.05) is 13.1 Å². The Kier molecular flexibility index (Phi) is 6.88. The number of ether oxygens (including phenoxy) is 1. The van der Waals surface area contributed by atoms with Crippen LogP contribution in [0.4, 0.5) is 4.79 Å². The van der Waals surface area contributed by atoms with E-state index >= 15 is 0 Å². The van der Waals surface area contributed by atoms with Crippen molar-refractivity contribution in [3.8, 4) is 0 Å². The molecule has 4 heteroatoms. The van der Waals surface area contributed by atoms with E-state index in [2.05, 4.69) is 36.6 Å². The minimum Gasteiger partial charge on any atom is -0.444 e. The van der Waals surface area contributed by atoms with Gasteiger partial charge in [0.2, 0.25) is 0 Å². The monoisotopic (exact) mass is 306 g/mol. The van der Waals surface area contributed by atoms with Gasteiger partial charge in [-0.25, -0.2) is 4.79 Å². The van der Waals surface area contributed by atoms with Crippen molar-refractivity contribution in [1.82, 2.24) is 10.6 Å². The molecule has 1 aromatic carbocycles. The van der Waals surface area contributed by atoms with Crippen LogP contribution >= 0.6 is 0 Å². The Morgan fingerprint density at radius 1 is 1.18 bits per heavy atom. The molecule has 1 fully saturated rings. The van der Waals surface area contributed by atoms with Crippen molar-refractivity contribution in [2.45, 2.75) is 58.6 Å². The quantitative estimate of drug-likeness (QED) is 0.832. The summed E-state index contributed by atoms with van der Waals surface area (Å²) < 4.78 is 5.24. The van der Waals surface area contributed by atoms with Crippen LogP contribution in [0, 0.1) is 6.92 Å². The number of carbonyl (C=O) groups is 1. The van der Waals surface area contributed by atoms with Gasteiger partial charge < -0.3 is 15.4 Å². The molecule has 1 heterocycles. The summed E-state index contributed by atoms with van der Waals surface area (Å²) in [5, 5.41) is 6.22. The lowest BCUT2D eigenvalue weighted by Gasteiger charge is -2.35. The standard InChI is InChI=1S/C11H22N2O2.C7H8/c1-10(2,3)15-9(14)13-11(4)5-7-12-8-6-11;1-7-5-3-2-4-6-7/h12H,5-8H2,1-4H3,(H,13,14);2-6H,1H3. The molecule has 1 saturated heterocycles. The van der Waals surface area contributed by atoms with E-state index < -0.39 is 5.60 Å². The SMILES string of the molecule is CC1(NC(=O)OC(C)(C)C)CCNCC1.Cc1ccccc1. The zero-order valence-electron chi connectivity index (χ0n) is 14.5. The molecule has 0 aromatic heterocycles. The van der Waals surface area contributed by atoms with Gasteiger partial charge in [-0.05, 0) is 60.5 Å². The number of piperidine rings is 1. The van der Waals surface area contributed by atoms with Crippen molar-refractivity contribution >= 4 is 6.09 Å². The van der Waals surface area contributed by atoms with Gasteiger partial charge in [0.05, 0.1) is 0 Å². The molecule has 0 bridgehead atoms. The molecular weight excluding hydrogens is 276 g/mol. The molecule has 0 aliphatic carbocycles. The average molecular weight is 306 g/mol. The van der Waals surface area contributed by atoms with Crippen LogP contribution < -0.4 is 10.6 Å². The van der Waals surface area contributed by atoms with E-state index in [1.54, 1.807) is 0 Å². The van der Waals surface area contributed by atoms with Crippen molar-refractivity contribution in [3.05, 3.63) is 35.9 Å². The Balaban J connectivity index is 0.000000287. The number of carbonyl (C=O) groups excluding carboxylic acids is 1. The van der Waals surface area contributed by atoms with Crippen LogP contribution in [-0.2, 0) is 4.74 Å². The average Bonchev–Trinajstić information content (AvgIpc) is 2.38. The first-order chi connectivity index (χ1) is 10.2. The first kappa shape index (κ1) is 18.5. The number of nitrogens with one attached hydrogen (secondary N) is 2. The van der Waals surface area contributed by atoms with Gasteiger partial charge in [0.1, 0.15) is 5.60 Å². The summed E-state index contributed by atoms with van der Waals surface area (Å²) >= 11 is 0. The maximum Gasteiger partial charge on any atom is 0.408 e. The molecule has 1 aliphatic heterocycles. The zero-order chi connectivity index (χ0) is 16.6. The van der Waals surface area contributed by atoms with Crippen LogP contribution in [0.5, 0.6) is 0 Å². The second-order valence-electron chi connectivity index (χ2n) is 7.09. The molecule has 22 heavy (non-hydrogen) atoms. The van der Waals surface area contributed by atoms with Gasteiger partial charge in [0, 0.05) is 5.54 Å². The number of hydrogen-bond acceptors (Lipinski definition) is 3. The molecule has 124 valence electrons. The van der Waals surface area contributed by atoms with Gasteiger partial charge in [0.25, 0.3) is 0 Å². The van der Waals surface area contributed by atoms with Crippen LogP contribution in [0.25, 0.3) is 0 Å². The molecule has 0 radical (unpaired) electrons. The smallest absolute Gasteiger partial charge is 0.408 e. The molecule has 2 rings (SSSR count). The van der Waals surface area contributed by atoms with E-state index in [-0.39, 0.29) is 11.6 Å². The number of rotatable bonds is 1. The third-order valence-corrected chi connectivity index (χ3v) is 3.45. The van der Waals surface area contributed by atoms with Gasteiger partial charge in [-0.15, -0.1) is 0 Å². The Morgan fingerprint density at radius 2 is 1.73 bits per heavy atom. The fourth-order valence-electron chi connectivity index (χ4n) is 2.19. The van der Waals surface area contributed by atoms with E-state index in [4.69, 9.17) is 4.74 Å². The van der Waals surface area contributed by atoms with Gasteiger partial charge in [-0.2, -0.15) is 0 Å². The number of alkyl carbamates (subject to hydrolysis) is 1. The molecular formula is C18H30N2O2. The minimum absolute atomic E-state index is 0.117. The Hall–Kier alpha value is -1.55. The highest BCUT2D eigenvalue weighted by molar-refractivity contribution is 5.68. The molecule has 2 N–H and O–H groups in total. The highest BCUT2D eigenvalue weighted by Crippen LogP contribution is 2.18. The predicted octanol–water partition coefficient (Wildman–Crippen LogP) is 3.65. The molecule has 0 atom stereocenters. The van der Waals surface area contributed by atoms with Gasteiger partial charge >= 0.3 is 6.09 Å². The largest absolute Gasteiger partial charge is 0.444 e. The lowest BCUT2D eigenvalue weighted by molar-refractivity contribution is 0.0444. The van der Waals surface area contributed by atoms with Crippen molar-refractivity contribution < 1.29 is 9.53 Å². The van der Waals surface area contributed by atoms with E-state index in [1.165, 1.54) is 5.56 Å². The molecule has 0 unspecified atom stereocenters. The molecule has 1 aliphatic rings. The number of amides is 1. The van der Waals surface area contributed by atoms with Crippen LogP contribution in [-0.4, -0.2) is 30.3 Å². The topological polar surface area (TPSA) is 50.4 Å². The van der Waals surface area contributed by atoms with Crippen molar-refractivity contribution in [3.63, 3.8) is 0 Å². The summed E-state index contributed by atoms with van der Waals surface area (Å²) in [6, 6.07) is 10.3. The zero-order valence-corrected chi connectivity index (χ0v) is 14.5. The first-order valence-electron chi connectivity index (χ1n) is 7.94. The lowest BCUT2D eigenvalue weighted by atomic mass is 9.91. The lowest BCUT2D eigenvalue weighted by Crippen LogP contribution is -2.53. The van der Waals surface area contributed by atoms with E-state index in [0.29, 0.717) is 0 Å². The van der Waals surface area contributed by atoms with Crippen molar-refractivity contribution in [1.29, 1.82) is 0 Å². The highest BCUT2D eigenvalue weighted by Gasteiger charge is 2.30. The van der Waals surface area contributed by atoms with Gasteiger partial charge in [0.15, 0.2) is 0 Å². The number of hydrogen-bond donors (Lipinski definition) is 2. The Bertz CT molecular complexity index is 446. The number of aryl methyl sites for hydroxylation is 1. The first-order valence-corrected chi connectivity index (χ1v) is 7.94. The predicted molar refractivity (Wildman–Crippen MR) is 91.1 cm³/mol. The normalized spacial score (nSPS) is 17.0. The van der Waals surface area contributed by atoms with E-state index in [9.17, 15) is 4.79 Å². The maximum atomic E-state index is 11.6. The fraction of sp³-hybridized carbons (Fsp3) is 0.611. The van der Waals surface area contributed by atoms with Crippen LogP contribution in [0.3, 0.4) is 0 Å². The van der Waals surface area contributed by atoms with Crippen molar-refractivity contribution in [2.24, 2.45) is 0 Å². The molecule has 0 spiro atoms. The molecule has 1 aromatic rings. The second-order valence-corrected chi connectivity index (χ2v) is 7.09. The molecule has 1 amide bonds. The summed E-state index contributed by atoms with van der Waals surface area (Å²) in [7, 11) is 0. The minimum atomic E-state index is -0.423. The summed E-state index contributed by atoms with van der Waals surface area (Å²) in [5.74, 6) is 0. The van der Waals surface area contributed by atoms with Crippen LogP contribution in [0.15, 0.2) is 30.3 Å². The summed E-state index contributed by atoms with van der Waals surface area (Å²) in [6.07, 6.45) is 1.59. The third kappa shape index (κ3) is 8.03. The fourth-order valence-corrected chi connectivity index (χ4v) is 2.19. The molecule has 4 nitrogen and oxygen atoms in total. The maximum absolute atomic E-state index is 11.6. The summed E-state index contributed by atoms with van der Waals surface area (Å²) in [6.45, 7) is 11.7.